The van der Waals surface area contributed by atoms with Gasteiger partial charge < -0.3 is 10.1 Å². The zero-order valence-electron chi connectivity index (χ0n) is 10.4. The number of hydrogen-bond donors (Lipinski definition) is 1. The van der Waals surface area contributed by atoms with Crippen LogP contribution in [-0.4, -0.2) is 26.3 Å². The Morgan fingerprint density at radius 3 is 2.72 bits per heavy atom. The molecule has 4 heteroatoms. The van der Waals surface area contributed by atoms with Crippen LogP contribution in [0.3, 0.4) is 0 Å². The Kier molecular flexibility index (Phi) is 4.66. The van der Waals surface area contributed by atoms with E-state index in [9.17, 15) is 8.78 Å². The topological polar surface area (TPSA) is 21.3 Å². The molecule has 1 heterocycles. The fourth-order valence-corrected chi connectivity index (χ4v) is 2.19. The first-order chi connectivity index (χ1) is 8.68. The Morgan fingerprint density at radius 2 is 2.06 bits per heavy atom. The van der Waals surface area contributed by atoms with E-state index in [-0.39, 0.29) is 5.56 Å². The van der Waals surface area contributed by atoms with Crippen molar-refractivity contribution >= 4 is 0 Å². The zero-order chi connectivity index (χ0) is 12.8. The van der Waals surface area contributed by atoms with Gasteiger partial charge in [-0.25, -0.2) is 0 Å². The number of alkyl halides is 2. The van der Waals surface area contributed by atoms with Gasteiger partial charge in [-0.2, -0.15) is 8.78 Å². The van der Waals surface area contributed by atoms with E-state index in [1.165, 1.54) is 12.1 Å². The normalized spacial score (nSPS) is 20.9. The molecular formula is C14H19F2NO. The first-order valence-corrected chi connectivity index (χ1v) is 6.40. The van der Waals surface area contributed by atoms with Gasteiger partial charge in [-0.1, -0.05) is 30.3 Å². The largest absolute Gasteiger partial charge is 0.374 e. The van der Waals surface area contributed by atoms with Crippen molar-refractivity contribution in [3.63, 3.8) is 0 Å². The minimum atomic E-state index is -2.90. The van der Waals surface area contributed by atoms with E-state index in [0.29, 0.717) is 12.5 Å². The molecule has 2 rings (SSSR count). The Bertz CT molecular complexity index is 350. The third-order valence-corrected chi connectivity index (χ3v) is 3.23. The van der Waals surface area contributed by atoms with Crippen LogP contribution in [-0.2, 0) is 10.7 Å². The number of benzene rings is 1. The Hall–Kier alpha value is -1.00. The summed E-state index contributed by atoms with van der Waals surface area (Å²) in [7, 11) is 0. The van der Waals surface area contributed by atoms with E-state index in [0.717, 1.165) is 25.9 Å². The van der Waals surface area contributed by atoms with Gasteiger partial charge in [-0.15, -0.1) is 0 Å². The Balaban J connectivity index is 1.78. The van der Waals surface area contributed by atoms with Crippen LogP contribution in [0.5, 0.6) is 0 Å². The van der Waals surface area contributed by atoms with Crippen molar-refractivity contribution in [2.24, 2.45) is 5.92 Å². The second kappa shape index (κ2) is 6.25. The van der Waals surface area contributed by atoms with Crippen LogP contribution in [0.15, 0.2) is 30.3 Å². The highest BCUT2D eigenvalue weighted by molar-refractivity contribution is 5.19. The lowest BCUT2D eigenvalue weighted by Gasteiger charge is -2.24. The van der Waals surface area contributed by atoms with Gasteiger partial charge in [0, 0.05) is 12.1 Å². The van der Waals surface area contributed by atoms with E-state index in [4.69, 9.17) is 4.74 Å². The molecule has 1 N–H and O–H groups in total. The van der Waals surface area contributed by atoms with Gasteiger partial charge in [-0.3, -0.25) is 0 Å². The molecule has 0 aliphatic carbocycles. The maximum absolute atomic E-state index is 13.8. The maximum atomic E-state index is 13.8. The minimum absolute atomic E-state index is 0.0202. The molecule has 0 radical (unpaired) electrons. The first kappa shape index (κ1) is 13.4. The van der Waals surface area contributed by atoms with Gasteiger partial charge in [0.05, 0.1) is 6.61 Å². The highest BCUT2D eigenvalue weighted by Gasteiger charge is 2.31. The van der Waals surface area contributed by atoms with Crippen LogP contribution in [0.4, 0.5) is 8.78 Å². The Labute approximate surface area is 106 Å². The number of halogens is 2. The summed E-state index contributed by atoms with van der Waals surface area (Å²) in [5, 5.41) is 3.25. The second-order valence-electron chi connectivity index (χ2n) is 4.80. The summed E-state index contributed by atoms with van der Waals surface area (Å²) in [5.41, 5.74) is 0.0202. The monoisotopic (exact) mass is 255 g/mol. The van der Waals surface area contributed by atoms with E-state index >= 15 is 0 Å². The van der Waals surface area contributed by atoms with Crippen molar-refractivity contribution in [1.82, 2.24) is 5.32 Å². The van der Waals surface area contributed by atoms with Crippen molar-refractivity contribution in [1.29, 1.82) is 0 Å². The van der Waals surface area contributed by atoms with Gasteiger partial charge >= 0.3 is 0 Å². The molecule has 18 heavy (non-hydrogen) atoms. The molecule has 1 aromatic rings. The lowest BCUT2D eigenvalue weighted by molar-refractivity contribution is -0.0895. The maximum Gasteiger partial charge on any atom is 0.296 e. The molecule has 1 aliphatic heterocycles. The number of ether oxygens (including phenoxy) is 1. The summed E-state index contributed by atoms with van der Waals surface area (Å²) in [4.78, 5) is 0. The van der Waals surface area contributed by atoms with Crippen LogP contribution < -0.4 is 5.32 Å². The molecule has 1 aromatic carbocycles. The smallest absolute Gasteiger partial charge is 0.296 e. The first-order valence-electron chi connectivity index (χ1n) is 6.40. The highest BCUT2D eigenvalue weighted by Crippen LogP contribution is 2.28. The van der Waals surface area contributed by atoms with Gasteiger partial charge in [0.1, 0.15) is 6.61 Å². The predicted molar refractivity (Wildman–Crippen MR) is 66.7 cm³/mol. The fourth-order valence-electron chi connectivity index (χ4n) is 2.19. The lowest BCUT2D eigenvalue weighted by atomic mass is 10.0. The lowest BCUT2D eigenvalue weighted by Crippen LogP contribution is -2.33. The predicted octanol–water partition coefficient (Wildman–Crippen LogP) is 2.79. The van der Waals surface area contributed by atoms with Crippen molar-refractivity contribution in [2.45, 2.75) is 18.8 Å². The molecule has 0 saturated carbocycles. The van der Waals surface area contributed by atoms with Crippen molar-refractivity contribution < 1.29 is 13.5 Å². The standard InChI is InChI=1S/C14H19F2NO/c15-14(16,13-6-2-1-3-7-13)11-18-10-12-5-4-8-17-9-12/h1-3,6-7,12,17H,4-5,8-11H2. The average Bonchev–Trinajstić information content (AvgIpc) is 2.41. The summed E-state index contributed by atoms with van der Waals surface area (Å²) in [5.74, 6) is -2.53. The molecule has 0 bridgehead atoms. The van der Waals surface area contributed by atoms with Gasteiger partial charge in [0.2, 0.25) is 0 Å². The highest BCUT2D eigenvalue weighted by atomic mass is 19.3. The van der Waals surface area contributed by atoms with Crippen LogP contribution in [0.1, 0.15) is 18.4 Å². The van der Waals surface area contributed by atoms with E-state index < -0.39 is 12.5 Å². The third kappa shape index (κ3) is 3.75. The van der Waals surface area contributed by atoms with Crippen molar-refractivity contribution in [2.75, 3.05) is 26.3 Å². The van der Waals surface area contributed by atoms with Gasteiger partial charge in [0.15, 0.2) is 0 Å². The number of piperidine rings is 1. The van der Waals surface area contributed by atoms with E-state index in [1.807, 2.05) is 0 Å². The molecule has 1 aliphatic rings. The zero-order valence-corrected chi connectivity index (χ0v) is 10.4. The molecule has 1 saturated heterocycles. The molecule has 0 amide bonds. The van der Waals surface area contributed by atoms with Crippen molar-refractivity contribution in [3.05, 3.63) is 35.9 Å². The molecule has 2 nitrogen and oxygen atoms in total. The van der Waals surface area contributed by atoms with Crippen LogP contribution >= 0.6 is 0 Å². The van der Waals surface area contributed by atoms with Gasteiger partial charge in [-0.05, 0) is 25.3 Å². The average molecular weight is 255 g/mol. The summed E-state index contributed by atoms with van der Waals surface area (Å²) in [6.45, 7) is 1.77. The quantitative estimate of drug-likeness (QED) is 0.873. The molecular weight excluding hydrogens is 236 g/mol. The summed E-state index contributed by atoms with van der Waals surface area (Å²) >= 11 is 0. The molecule has 100 valence electrons. The number of rotatable bonds is 5. The molecule has 1 fully saturated rings. The molecule has 1 unspecified atom stereocenters. The van der Waals surface area contributed by atoms with E-state index in [1.54, 1.807) is 18.2 Å². The van der Waals surface area contributed by atoms with Crippen LogP contribution in [0.2, 0.25) is 0 Å². The Morgan fingerprint density at radius 1 is 1.28 bits per heavy atom. The van der Waals surface area contributed by atoms with Crippen LogP contribution in [0.25, 0.3) is 0 Å². The van der Waals surface area contributed by atoms with Crippen molar-refractivity contribution in [3.8, 4) is 0 Å². The number of nitrogens with one attached hydrogen (secondary N) is 1. The van der Waals surface area contributed by atoms with Crippen LogP contribution in [0, 0.1) is 5.92 Å². The minimum Gasteiger partial charge on any atom is -0.374 e. The molecule has 1 atom stereocenters. The summed E-state index contributed by atoms with van der Waals surface area (Å²) < 4.78 is 32.7. The number of hydrogen-bond acceptors (Lipinski definition) is 2. The van der Waals surface area contributed by atoms with E-state index in [2.05, 4.69) is 5.32 Å². The second-order valence-corrected chi connectivity index (χ2v) is 4.80. The fraction of sp³-hybridized carbons (Fsp3) is 0.571. The van der Waals surface area contributed by atoms with Gasteiger partial charge in [0.25, 0.3) is 5.92 Å². The summed E-state index contributed by atoms with van der Waals surface area (Å²) in [6.07, 6.45) is 2.16. The summed E-state index contributed by atoms with van der Waals surface area (Å²) in [6, 6.07) is 7.84. The SMILES string of the molecule is FC(F)(COCC1CCCNC1)c1ccccc1. The third-order valence-electron chi connectivity index (χ3n) is 3.23. The molecule has 0 aromatic heterocycles. The molecule has 0 spiro atoms.